The summed E-state index contributed by atoms with van der Waals surface area (Å²) in [7, 11) is -10.8. The molecule has 23 heavy (non-hydrogen) atoms. The molecule has 0 radical (unpaired) electrons. The van der Waals surface area contributed by atoms with E-state index >= 15 is 0 Å². The maximum atomic E-state index is 8.55. The van der Waals surface area contributed by atoms with E-state index in [1.54, 1.807) is 0 Å². The minimum absolute atomic E-state index is 0. The van der Waals surface area contributed by atoms with Gasteiger partial charge in [0.25, 0.3) is 0 Å². The van der Waals surface area contributed by atoms with E-state index in [4.69, 9.17) is 68.5 Å². The smallest absolute Gasteiger partial charge is 0.822 e. The fourth-order valence-corrected chi connectivity index (χ4v) is 0. The molecule has 0 amide bonds. The summed E-state index contributed by atoms with van der Waals surface area (Å²) in [5.41, 5.74) is 0. The van der Waals surface area contributed by atoms with Gasteiger partial charge in [-0.1, -0.05) is 0 Å². The molecule has 0 N–H and O–H groups in total. The number of hydrogen-bond donors (Lipinski definition) is 0. The molecule has 112 valence electrons. The van der Waals surface area contributed by atoms with Crippen LogP contribution in [-0.4, -0.2) is 12.3 Å². The summed E-state index contributed by atoms with van der Waals surface area (Å²) in [5, 5.41) is 33.3. The zero-order valence-electron chi connectivity index (χ0n) is 11.1. The number of carbonyl (C=O) groups excluding carboxylic acids is 2. The van der Waals surface area contributed by atoms with Gasteiger partial charge in [0.1, 0.15) is 0 Å². The van der Waals surface area contributed by atoms with Crippen molar-refractivity contribution in [2.45, 2.75) is 0 Å². The molecule has 0 aliphatic rings. The van der Waals surface area contributed by atoms with Gasteiger partial charge in [-0.2, -0.15) is 15.6 Å². The van der Waals surface area contributed by atoms with Crippen LogP contribution in [0.25, 0.3) is 0 Å². The minimum atomic E-state index is -5.39. The van der Waals surface area contributed by atoms with Crippen LogP contribution in [0.4, 0.5) is 9.59 Å². The first-order valence-corrected chi connectivity index (χ1v) is 5.61. The Morgan fingerprint density at radius 2 is 0.478 bits per heavy atom. The Labute approximate surface area is 192 Å². The number of carboxylic acid groups (broad SMARTS) is 4. The fraction of sp³-hybridized carbons (Fsp3) is 0. The normalized spacial score (nSPS) is 7.22. The average Bonchev–Trinajstić information content (AvgIpc) is 1.70. The van der Waals surface area contributed by atoms with Gasteiger partial charge in [-0.05, 0) is 12.3 Å². The van der Waals surface area contributed by atoms with Gasteiger partial charge in [0, 0.05) is 0 Å². The molecule has 0 rings (SSSR count). The topological polar surface area (TPSA) is 299 Å². The van der Waals surface area contributed by atoms with Crippen molar-refractivity contribution in [3.05, 3.63) is 0 Å². The monoisotopic (exact) mass is 630 g/mol. The second kappa shape index (κ2) is 31.6. The summed E-state index contributed by atoms with van der Waals surface area (Å²) < 4.78 is 17.1. The first-order valence-electron chi connectivity index (χ1n) is 2.69. The van der Waals surface area contributed by atoms with Crippen molar-refractivity contribution in [1.82, 2.24) is 0 Å². The van der Waals surface area contributed by atoms with Crippen LogP contribution in [0, 0.1) is 0 Å². The molecular weight excluding hydrogens is 637 g/mol. The Kier molecular flexibility index (Phi) is 77.4. The second-order valence-corrected chi connectivity index (χ2v) is 3.18. The largest absolute Gasteiger partial charge is 2.00 e. The number of hydrogen-bond acceptors (Lipinski definition) is 14. The Bertz CT molecular complexity index is 267. The predicted octanol–water partition coefficient (Wildman–Crippen LogP) is -10.6. The van der Waals surface area contributed by atoms with E-state index in [1.165, 1.54) is 0 Å². The average molecular weight is 637 g/mol. The molecule has 0 unspecified atom stereocenters. The molecule has 0 aromatic carbocycles. The van der Waals surface area contributed by atoms with Gasteiger partial charge in [-0.3, -0.25) is 0 Å². The van der Waals surface area contributed by atoms with Crippen LogP contribution >= 0.6 is 15.6 Å². The maximum absolute atomic E-state index is 8.55. The van der Waals surface area contributed by atoms with E-state index in [0.29, 0.717) is 0 Å². The Hall–Kier alpha value is 1.88. The van der Waals surface area contributed by atoms with E-state index in [2.05, 4.69) is 0 Å². The van der Waals surface area contributed by atoms with Crippen LogP contribution in [0.15, 0.2) is 0 Å². The van der Waals surface area contributed by atoms with Gasteiger partial charge in [0.05, 0.1) is 0 Å². The van der Waals surface area contributed by atoms with E-state index < -0.39 is 28.0 Å². The number of phosphoric acid groups is 2. The summed E-state index contributed by atoms with van der Waals surface area (Å²) in [4.78, 5) is 68.0. The first kappa shape index (κ1) is 56.3. The van der Waals surface area contributed by atoms with Crippen LogP contribution < -0.4 is 49.8 Å². The molecule has 0 aliphatic carbocycles. The van der Waals surface area contributed by atoms with Gasteiger partial charge >= 0.3 is 97.4 Å². The standard InChI is InChI=1S/2CH2O3.2H3O4P.5Zn/c2*2-1(3)4;2*1-5(2,3)4;;;;;/h2*(H2,2,3,4);2*(H3,1,2,3,4);;;;;/q;;;;5*+2/p-10. The van der Waals surface area contributed by atoms with Crippen molar-refractivity contribution in [3.63, 3.8) is 0 Å². The van der Waals surface area contributed by atoms with Crippen molar-refractivity contribution in [1.29, 1.82) is 0 Å². The van der Waals surface area contributed by atoms with Gasteiger partial charge in [-0.25, -0.2) is 0 Å². The Balaban J connectivity index is -0.0000000152. The van der Waals surface area contributed by atoms with Crippen LogP contribution in [0.1, 0.15) is 0 Å². The van der Waals surface area contributed by atoms with Crippen LogP contribution in [0.5, 0.6) is 0 Å². The molecule has 0 atom stereocenters. The predicted molar refractivity (Wildman–Crippen MR) is 26.0 cm³/mol. The van der Waals surface area contributed by atoms with Crippen LogP contribution in [0.3, 0.4) is 0 Å². The van der Waals surface area contributed by atoms with Crippen LogP contribution in [0.2, 0.25) is 0 Å². The number of rotatable bonds is 0. The zero-order chi connectivity index (χ0) is 16.2. The third-order valence-electron chi connectivity index (χ3n) is 0. The molecule has 0 aromatic rings. The SMILES string of the molecule is O=C([O-])[O-].O=C([O-])[O-].O=P([O-])([O-])[O-].O=P([O-])([O-])[O-].[Zn+2].[Zn+2].[Zn+2].[Zn+2].[Zn+2]. The Morgan fingerprint density at radius 1 is 0.478 bits per heavy atom. The molecule has 0 heterocycles. The maximum Gasteiger partial charge on any atom is 2.00 e. The van der Waals surface area contributed by atoms with E-state index in [-0.39, 0.29) is 97.4 Å². The van der Waals surface area contributed by atoms with Crippen molar-refractivity contribution < 1.29 is 166 Å². The van der Waals surface area contributed by atoms with Crippen molar-refractivity contribution in [2.24, 2.45) is 0 Å². The zero-order valence-corrected chi connectivity index (χ0v) is 27.8. The third-order valence-corrected chi connectivity index (χ3v) is 0. The van der Waals surface area contributed by atoms with Crippen molar-refractivity contribution in [3.8, 4) is 0 Å². The van der Waals surface area contributed by atoms with Crippen molar-refractivity contribution >= 4 is 28.0 Å². The summed E-state index contributed by atoms with van der Waals surface area (Å²) in [5.74, 6) is 0. The quantitative estimate of drug-likeness (QED) is 0.176. The van der Waals surface area contributed by atoms with E-state index in [0.717, 1.165) is 0 Å². The molecule has 0 saturated carbocycles. The van der Waals surface area contributed by atoms with Crippen LogP contribution in [-0.2, 0) is 107 Å². The molecule has 0 fully saturated rings. The van der Waals surface area contributed by atoms with Gasteiger partial charge < -0.3 is 68.5 Å². The molecule has 0 spiro atoms. The first-order chi connectivity index (χ1) is 7.46. The fourth-order valence-electron chi connectivity index (χ4n) is 0. The molecule has 0 aromatic heterocycles. The number of carbonyl (C=O) groups is 2. The van der Waals surface area contributed by atoms with Gasteiger partial charge in [-0.15, -0.1) is 0 Å². The second-order valence-electron chi connectivity index (χ2n) is 1.39. The minimum Gasteiger partial charge on any atom is -0.822 e. The molecule has 0 aliphatic heterocycles. The van der Waals surface area contributed by atoms with Crippen molar-refractivity contribution in [2.75, 3.05) is 0 Å². The summed E-state index contributed by atoms with van der Waals surface area (Å²) in [6, 6.07) is 0. The molecule has 21 heteroatoms. The van der Waals surface area contributed by atoms with E-state index in [1.807, 2.05) is 0 Å². The molecule has 0 bridgehead atoms. The molecular formula is C2O14P2Zn5. The summed E-state index contributed by atoms with van der Waals surface area (Å²) in [6.07, 6.45) is -4.67. The summed E-state index contributed by atoms with van der Waals surface area (Å²) >= 11 is 0. The van der Waals surface area contributed by atoms with E-state index in [9.17, 15) is 0 Å². The van der Waals surface area contributed by atoms with Gasteiger partial charge in [0.2, 0.25) is 0 Å². The molecule has 0 saturated heterocycles. The van der Waals surface area contributed by atoms with Gasteiger partial charge in [0.15, 0.2) is 0 Å². The molecule has 14 nitrogen and oxygen atoms in total. The third kappa shape index (κ3) is 3240. The summed E-state index contributed by atoms with van der Waals surface area (Å²) in [6.45, 7) is 0. The Morgan fingerprint density at radius 3 is 0.478 bits per heavy atom.